The quantitative estimate of drug-likeness (QED) is 0.324. The molecule has 0 amide bonds. The Hall–Kier alpha value is -3.57. The molecule has 0 saturated carbocycles. The Balaban J connectivity index is 1.72. The molecule has 5 heteroatoms. The van der Waals surface area contributed by atoms with E-state index in [-0.39, 0.29) is 0 Å². The zero-order chi connectivity index (χ0) is 19.9. The summed E-state index contributed by atoms with van der Waals surface area (Å²) in [6.45, 7) is 4.30. The minimum Gasteiger partial charge on any atom is -0.255 e. The van der Waals surface area contributed by atoms with E-state index < -0.39 is 0 Å². The van der Waals surface area contributed by atoms with E-state index in [4.69, 9.17) is 0 Å². The first-order valence-corrected chi connectivity index (χ1v) is 10.2. The topological polar surface area (TPSA) is 42.5 Å². The molecule has 0 radical (unpaired) electrons. The Morgan fingerprint density at radius 2 is 1.62 bits per heavy atom. The van der Waals surface area contributed by atoms with E-state index in [1.54, 1.807) is 29.8 Å². The van der Waals surface area contributed by atoms with Crippen molar-refractivity contribution in [1.82, 2.24) is 9.66 Å². The van der Waals surface area contributed by atoms with Gasteiger partial charge in [-0.25, -0.2) is 4.68 Å². The van der Waals surface area contributed by atoms with E-state index >= 15 is 0 Å². The second-order valence-corrected chi connectivity index (χ2v) is 7.12. The standard InChI is InChI=1S/C24H20N4S/c1-2-15-26-24-28(27-17-22-10-6-7-16-25-22)23(18-29-24)21-13-11-20(12-14-21)19-8-4-3-5-9-19/h2-14,16-18H,1,15H2/b26-24?,27-17+. The number of hydrogen-bond donors (Lipinski definition) is 0. The average Bonchev–Trinajstić information content (AvgIpc) is 3.20. The predicted molar refractivity (Wildman–Crippen MR) is 121 cm³/mol. The third kappa shape index (κ3) is 4.47. The zero-order valence-electron chi connectivity index (χ0n) is 15.8. The van der Waals surface area contributed by atoms with Gasteiger partial charge in [0.25, 0.3) is 0 Å². The highest BCUT2D eigenvalue weighted by atomic mass is 32.1. The molecule has 0 bridgehead atoms. The maximum Gasteiger partial charge on any atom is 0.206 e. The maximum atomic E-state index is 4.66. The number of nitrogens with zero attached hydrogens (tertiary/aromatic N) is 4. The first kappa shape index (κ1) is 18.8. The molecule has 4 aromatic rings. The molecular formula is C24H20N4S. The summed E-state index contributed by atoms with van der Waals surface area (Å²) in [4.78, 5) is 9.71. The van der Waals surface area contributed by atoms with Crippen molar-refractivity contribution in [2.24, 2.45) is 10.1 Å². The molecule has 2 heterocycles. The zero-order valence-corrected chi connectivity index (χ0v) is 16.7. The van der Waals surface area contributed by atoms with Crippen LogP contribution in [0.15, 0.2) is 107 Å². The summed E-state index contributed by atoms with van der Waals surface area (Å²) in [5.41, 5.74) is 5.26. The molecule has 0 aliphatic rings. The smallest absolute Gasteiger partial charge is 0.206 e. The predicted octanol–water partition coefficient (Wildman–Crippen LogP) is 5.25. The van der Waals surface area contributed by atoms with Crippen molar-refractivity contribution in [3.05, 3.63) is 108 Å². The van der Waals surface area contributed by atoms with Crippen LogP contribution in [-0.2, 0) is 0 Å². The molecule has 0 aliphatic carbocycles. The van der Waals surface area contributed by atoms with E-state index in [9.17, 15) is 0 Å². The Kier molecular flexibility index (Phi) is 5.88. The summed E-state index contributed by atoms with van der Waals surface area (Å²) in [5, 5.41) is 6.74. The van der Waals surface area contributed by atoms with Crippen LogP contribution in [0.25, 0.3) is 22.4 Å². The molecule has 2 aromatic heterocycles. The summed E-state index contributed by atoms with van der Waals surface area (Å²) >= 11 is 1.56. The van der Waals surface area contributed by atoms with Gasteiger partial charge < -0.3 is 0 Å². The number of pyridine rings is 1. The van der Waals surface area contributed by atoms with Crippen LogP contribution >= 0.6 is 11.3 Å². The first-order valence-electron chi connectivity index (χ1n) is 9.28. The largest absolute Gasteiger partial charge is 0.255 e. The highest BCUT2D eigenvalue weighted by Gasteiger charge is 2.08. The summed E-state index contributed by atoms with van der Waals surface area (Å²) in [7, 11) is 0. The van der Waals surface area contributed by atoms with Gasteiger partial charge in [0.1, 0.15) is 0 Å². The summed E-state index contributed by atoms with van der Waals surface area (Å²) in [5.74, 6) is 0. The van der Waals surface area contributed by atoms with Crippen molar-refractivity contribution >= 4 is 17.6 Å². The lowest BCUT2D eigenvalue weighted by molar-refractivity contribution is 0.839. The fourth-order valence-corrected chi connectivity index (χ4v) is 3.74. The van der Waals surface area contributed by atoms with Gasteiger partial charge in [0.2, 0.25) is 4.80 Å². The average molecular weight is 397 g/mol. The van der Waals surface area contributed by atoms with Crippen molar-refractivity contribution in [1.29, 1.82) is 0 Å². The van der Waals surface area contributed by atoms with Gasteiger partial charge in [0.05, 0.1) is 24.1 Å². The number of hydrogen-bond acceptors (Lipinski definition) is 4. The summed E-state index contributed by atoms with van der Waals surface area (Å²) in [6.07, 6.45) is 5.29. The first-order chi connectivity index (χ1) is 14.3. The molecule has 0 unspecified atom stereocenters. The summed E-state index contributed by atoms with van der Waals surface area (Å²) in [6, 6.07) is 24.6. The monoisotopic (exact) mass is 396 g/mol. The Morgan fingerprint density at radius 3 is 2.34 bits per heavy atom. The van der Waals surface area contributed by atoms with E-state index in [2.05, 4.69) is 75.6 Å². The normalized spacial score (nSPS) is 11.8. The lowest BCUT2D eigenvalue weighted by atomic mass is 10.0. The van der Waals surface area contributed by atoms with Crippen LogP contribution in [-0.4, -0.2) is 22.4 Å². The van der Waals surface area contributed by atoms with Crippen LogP contribution in [0.3, 0.4) is 0 Å². The molecule has 0 saturated heterocycles. The van der Waals surface area contributed by atoms with Gasteiger partial charge in [-0.15, -0.1) is 17.9 Å². The van der Waals surface area contributed by atoms with E-state index in [0.717, 1.165) is 21.8 Å². The highest BCUT2D eigenvalue weighted by molar-refractivity contribution is 7.07. The number of rotatable bonds is 6. The second kappa shape index (κ2) is 9.08. The molecule has 4 rings (SSSR count). The lowest BCUT2D eigenvalue weighted by Crippen LogP contribution is -2.12. The van der Waals surface area contributed by atoms with E-state index in [1.807, 2.05) is 28.9 Å². The van der Waals surface area contributed by atoms with Crippen LogP contribution < -0.4 is 4.80 Å². The van der Waals surface area contributed by atoms with Gasteiger partial charge in [-0.2, -0.15) is 5.10 Å². The van der Waals surface area contributed by atoms with Crippen LogP contribution in [0.5, 0.6) is 0 Å². The third-order valence-electron chi connectivity index (χ3n) is 4.32. The Morgan fingerprint density at radius 1 is 0.897 bits per heavy atom. The number of thiazole rings is 1. The third-order valence-corrected chi connectivity index (χ3v) is 5.18. The molecule has 0 N–H and O–H groups in total. The van der Waals surface area contributed by atoms with Gasteiger partial charge in [-0.1, -0.05) is 66.7 Å². The van der Waals surface area contributed by atoms with Crippen LogP contribution in [0.1, 0.15) is 5.69 Å². The van der Waals surface area contributed by atoms with Gasteiger partial charge in [-0.3, -0.25) is 9.98 Å². The second-order valence-electron chi connectivity index (χ2n) is 6.29. The Labute approximate surface area is 173 Å². The van der Waals surface area contributed by atoms with Crippen molar-refractivity contribution < 1.29 is 0 Å². The lowest BCUT2D eigenvalue weighted by Gasteiger charge is -2.06. The van der Waals surface area contributed by atoms with E-state index in [1.165, 1.54) is 11.1 Å². The molecule has 0 spiro atoms. The molecule has 0 fully saturated rings. The van der Waals surface area contributed by atoms with Gasteiger partial charge in [0, 0.05) is 17.1 Å². The fraction of sp³-hybridized carbons (Fsp3) is 0.0417. The van der Waals surface area contributed by atoms with Crippen molar-refractivity contribution in [2.45, 2.75) is 0 Å². The SMILES string of the molecule is C=CCN=c1scc(-c2ccc(-c3ccccc3)cc2)n1/N=C/c1ccccn1. The highest BCUT2D eigenvalue weighted by Crippen LogP contribution is 2.25. The van der Waals surface area contributed by atoms with Crippen LogP contribution in [0.4, 0.5) is 0 Å². The molecule has 0 atom stereocenters. The van der Waals surface area contributed by atoms with Crippen LogP contribution in [0, 0.1) is 0 Å². The molecule has 142 valence electrons. The van der Waals surface area contributed by atoms with Gasteiger partial charge in [-0.05, 0) is 23.3 Å². The maximum absolute atomic E-state index is 4.66. The molecule has 2 aromatic carbocycles. The van der Waals surface area contributed by atoms with Gasteiger partial charge in [0.15, 0.2) is 0 Å². The van der Waals surface area contributed by atoms with Crippen molar-refractivity contribution in [3.63, 3.8) is 0 Å². The van der Waals surface area contributed by atoms with E-state index in [0.29, 0.717) is 6.54 Å². The molecule has 4 nitrogen and oxygen atoms in total. The minimum atomic E-state index is 0.548. The number of aromatic nitrogens is 2. The Bertz CT molecular complexity index is 1170. The molecule has 0 aliphatic heterocycles. The summed E-state index contributed by atoms with van der Waals surface area (Å²) < 4.78 is 1.86. The number of benzene rings is 2. The molecule has 29 heavy (non-hydrogen) atoms. The minimum absolute atomic E-state index is 0.548. The fourth-order valence-electron chi connectivity index (χ4n) is 2.89. The van der Waals surface area contributed by atoms with Crippen LogP contribution in [0.2, 0.25) is 0 Å². The van der Waals surface area contributed by atoms with Crippen molar-refractivity contribution in [2.75, 3.05) is 6.54 Å². The molecular weight excluding hydrogens is 376 g/mol. The van der Waals surface area contributed by atoms with Crippen molar-refractivity contribution in [3.8, 4) is 22.4 Å². The van der Waals surface area contributed by atoms with Gasteiger partial charge >= 0.3 is 0 Å².